The number of aryl methyl sites for hydroxylation is 1. The van der Waals surface area contributed by atoms with Crippen LogP contribution in [0.2, 0.25) is 3.63 Å². The van der Waals surface area contributed by atoms with Crippen molar-refractivity contribution in [1.82, 2.24) is 0 Å². The van der Waals surface area contributed by atoms with Gasteiger partial charge in [0.1, 0.15) is 0 Å². The maximum absolute atomic E-state index is 2.50. The average Bonchev–Trinajstić information content (AvgIpc) is 3.44. The van der Waals surface area contributed by atoms with Crippen LogP contribution in [0.3, 0.4) is 0 Å². The summed E-state index contributed by atoms with van der Waals surface area (Å²) in [6.07, 6.45) is 14.2. The van der Waals surface area contributed by atoms with E-state index in [1.807, 2.05) is 0 Å². The van der Waals surface area contributed by atoms with Crippen LogP contribution in [0.5, 0.6) is 0 Å². The smallest absolute Gasteiger partial charge is 1.00 e. The Bertz CT molecular complexity index is 1160. The van der Waals surface area contributed by atoms with Gasteiger partial charge in [-0.05, 0) is 0 Å². The van der Waals surface area contributed by atoms with E-state index in [0.717, 1.165) is 0 Å². The fourth-order valence-corrected chi connectivity index (χ4v) is 13.7. The van der Waals surface area contributed by atoms with E-state index >= 15 is 0 Å². The minimum absolute atomic E-state index is 0. The molecule has 0 heterocycles. The standard InChI is InChI=1S/C14H12.C9H7.C5H5.2ClH.Zr/c1-12-7-5-6-10-14(12)11-13-8-3-2-4-9-13;1-2-5-9-7-3-6-8(9)4-1;1-2-4-5-3-1;;;/h2-10H,1H3;1-7H;1-5H;2*1H;/q;;;;;+2/p-2. The van der Waals surface area contributed by atoms with E-state index in [1.165, 1.54) is 27.8 Å². The van der Waals surface area contributed by atoms with Crippen molar-refractivity contribution >= 4 is 9.28 Å². The molecule has 154 valence electrons. The van der Waals surface area contributed by atoms with Gasteiger partial charge in [0.2, 0.25) is 0 Å². The molecule has 1 atom stereocenters. The molecule has 0 aromatic heterocycles. The monoisotopic (exact) mass is 520 g/mol. The van der Waals surface area contributed by atoms with Crippen LogP contribution in [0.25, 0.3) is 6.08 Å². The third-order valence-corrected chi connectivity index (χ3v) is 14.4. The van der Waals surface area contributed by atoms with E-state index in [9.17, 15) is 0 Å². The van der Waals surface area contributed by atoms with Crippen LogP contribution in [0.1, 0.15) is 31.4 Å². The SMILES string of the molecule is Cc1ccccc1[C](c1ccccc1)=[Zr+2]([CH]1C=CC=C1)[CH]1C=Cc2ccccc21.[Cl-].[Cl-]. The first-order valence-electron chi connectivity index (χ1n) is 10.3. The van der Waals surface area contributed by atoms with Crippen molar-refractivity contribution in [1.29, 1.82) is 0 Å². The second-order valence-corrected chi connectivity index (χ2v) is 14.4. The zero-order valence-corrected chi connectivity index (χ0v) is 21.4. The summed E-state index contributed by atoms with van der Waals surface area (Å²) in [6, 6.07) is 29.1. The summed E-state index contributed by atoms with van der Waals surface area (Å²) in [5.74, 6) is 0. The molecule has 0 spiro atoms. The summed E-state index contributed by atoms with van der Waals surface area (Å²) in [5.41, 5.74) is 7.16. The van der Waals surface area contributed by atoms with E-state index < -0.39 is 21.3 Å². The van der Waals surface area contributed by atoms with Crippen LogP contribution in [0, 0.1) is 6.92 Å². The van der Waals surface area contributed by atoms with Crippen molar-refractivity contribution in [3.63, 3.8) is 0 Å². The Labute approximate surface area is 205 Å². The normalized spacial score (nSPS) is 16.4. The third kappa shape index (κ3) is 4.70. The Morgan fingerprint density at radius 3 is 2.10 bits per heavy atom. The quantitative estimate of drug-likeness (QED) is 0.477. The zero-order valence-electron chi connectivity index (χ0n) is 17.4. The van der Waals surface area contributed by atoms with E-state index in [1.54, 1.807) is 3.21 Å². The van der Waals surface area contributed by atoms with Gasteiger partial charge in [0, 0.05) is 0 Å². The van der Waals surface area contributed by atoms with Crippen LogP contribution >= 0.6 is 0 Å². The molecule has 0 saturated carbocycles. The second kappa shape index (κ2) is 10.7. The van der Waals surface area contributed by atoms with Crippen molar-refractivity contribution in [3.8, 4) is 0 Å². The first kappa shape index (κ1) is 23.9. The molecule has 0 fully saturated rings. The van der Waals surface area contributed by atoms with Crippen LogP contribution in [0.15, 0.2) is 109 Å². The molecule has 3 aromatic carbocycles. The molecule has 3 aromatic rings. The Morgan fingerprint density at radius 2 is 1.35 bits per heavy atom. The number of fused-ring (bicyclic) bond motifs is 1. The van der Waals surface area contributed by atoms with Gasteiger partial charge in [0.05, 0.1) is 0 Å². The number of rotatable bonds is 4. The summed E-state index contributed by atoms with van der Waals surface area (Å²) in [6.45, 7) is 2.26. The molecule has 0 aliphatic heterocycles. The van der Waals surface area contributed by atoms with E-state index in [0.29, 0.717) is 7.25 Å². The summed E-state index contributed by atoms with van der Waals surface area (Å²) in [5, 5.41) is 0. The number of halogens is 2. The Morgan fingerprint density at radius 1 is 0.710 bits per heavy atom. The van der Waals surface area contributed by atoms with Crippen molar-refractivity contribution < 1.29 is 46.1 Å². The van der Waals surface area contributed by atoms with Crippen molar-refractivity contribution in [3.05, 3.63) is 137 Å². The molecule has 0 amide bonds. The van der Waals surface area contributed by atoms with Gasteiger partial charge in [-0.25, -0.2) is 0 Å². The minimum atomic E-state index is -2.29. The predicted octanol–water partition coefficient (Wildman–Crippen LogP) is 0.873. The van der Waals surface area contributed by atoms with Crippen LogP contribution in [-0.2, 0) is 21.3 Å². The maximum Gasteiger partial charge on any atom is -1.00 e. The van der Waals surface area contributed by atoms with Crippen molar-refractivity contribution in [2.45, 2.75) is 14.2 Å². The Balaban J connectivity index is 0.00000136. The maximum atomic E-state index is 2.50. The number of hydrogen-bond donors (Lipinski definition) is 0. The molecule has 1 unspecified atom stereocenters. The zero-order chi connectivity index (χ0) is 19.6. The summed E-state index contributed by atoms with van der Waals surface area (Å²) in [7, 11) is 0. The fourth-order valence-electron chi connectivity index (χ4n) is 4.63. The van der Waals surface area contributed by atoms with Crippen LogP contribution in [0.4, 0.5) is 0 Å². The first-order chi connectivity index (χ1) is 14.3. The van der Waals surface area contributed by atoms with Gasteiger partial charge in [0.25, 0.3) is 0 Å². The third-order valence-electron chi connectivity index (χ3n) is 6.01. The first-order valence-corrected chi connectivity index (χ1v) is 14.4. The minimum Gasteiger partial charge on any atom is -1.00 e. The van der Waals surface area contributed by atoms with Gasteiger partial charge in [-0.15, -0.1) is 0 Å². The molecule has 0 saturated heterocycles. The van der Waals surface area contributed by atoms with Crippen LogP contribution < -0.4 is 24.8 Å². The van der Waals surface area contributed by atoms with Gasteiger partial charge in [0.15, 0.2) is 0 Å². The van der Waals surface area contributed by atoms with Crippen molar-refractivity contribution in [2.75, 3.05) is 0 Å². The molecule has 0 nitrogen and oxygen atoms in total. The van der Waals surface area contributed by atoms with Gasteiger partial charge in [-0.2, -0.15) is 0 Å². The molecule has 0 bridgehead atoms. The molecular weight excluding hydrogens is 498 g/mol. The Hall–Kier alpha value is -1.79. The molecule has 0 N–H and O–H groups in total. The van der Waals surface area contributed by atoms with Gasteiger partial charge >= 0.3 is 182 Å². The topological polar surface area (TPSA) is 0 Å². The summed E-state index contributed by atoms with van der Waals surface area (Å²) in [4.78, 5) is 0. The molecule has 0 radical (unpaired) electrons. The van der Waals surface area contributed by atoms with E-state index in [2.05, 4.69) is 122 Å². The number of allylic oxidation sites excluding steroid dienone is 5. The molecule has 3 heteroatoms. The molecule has 2 aliphatic rings. The molecule has 31 heavy (non-hydrogen) atoms. The van der Waals surface area contributed by atoms with Crippen LogP contribution in [-0.4, -0.2) is 3.21 Å². The Kier molecular flexibility index (Phi) is 8.23. The largest absolute Gasteiger partial charge is 1.00 e. The van der Waals surface area contributed by atoms with E-state index in [4.69, 9.17) is 0 Å². The second-order valence-electron chi connectivity index (χ2n) is 7.77. The fraction of sp³-hybridized carbons (Fsp3) is 0.107. The van der Waals surface area contributed by atoms with Gasteiger partial charge in [-0.1, -0.05) is 0 Å². The van der Waals surface area contributed by atoms with Gasteiger partial charge < -0.3 is 24.8 Å². The molecular formula is C28H24Cl2Zr. The summed E-state index contributed by atoms with van der Waals surface area (Å²) >= 11 is -2.29. The van der Waals surface area contributed by atoms with Gasteiger partial charge in [-0.3, -0.25) is 0 Å². The number of hydrogen-bond acceptors (Lipinski definition) is 0. The van der Waals surface area contributed by atoms with Crippen molar-refractivity contribution in [2.24, 2.45) is 0 Å². The average molecular weight is 523 g/mol. The van der Waals surface area contributed by atoms with E-state index in [-0.39, 0.29) is 24.8 Å². The predicted molar refractivity (Wildman–Crippen MR) is 121 cm³/mol. The summed E-state index contributed by atoms with van der Waals surface area (Å²) < 4.78 is 2.77. The number of benzene rings is 3. The molecule has 5 rings (SSSR count). The molecule has 2 aliphatic carbocycles.